The van der Waals surface area contributed by atoms with E-state index in [1.165, 1.54) is 17.8 Å². The normalized spacial score (nSPS) is 15.8. The van der Waals surface area contributed by atoms with Gasteiger partial charge in [-0.3, -0.25) is 9.69 Å². The fourth-order valence-electron chi connectivity index (χ4n) is 3.99. The van der Waals surface area contributed by atoms with Crippen LogP contribution >= 0.6 is 0 Å². The molecule has 3 aromatic rings. The van der Waals surface area contributed by atoms with E-state index < -0.39 is 0 Å². The Kier molecular flexibility index (Phi) is 6.01. The molecule has 1 unspecified atom stereocenters. The third-order valence-electron chi connectivity index (χ3n) is 5.61. The topological polar surface area (TPSA) is 23.6 Å². The van der Waals surface area contributed by atoms with Crippen molar-refractivity contribution in [2.45, 2.75) is 12.5 Å². The zero-order valence-electron chi connectivity index (χ0n) is 16.4. The summed E-state index contributed by atoms with van der Waals surface area (Å²) in [6.45, 7) is 3.65. The Morgan fingerprint density at radius 2 is 1.38 bits per heavy atom. The minimum absolute atomic E-state index is 0.0201. The number of para-hydroxylation sites is 1. The summed E-state index contributed by atoms with van der Waals surface area (Å²) in [4.78, 5) is 17.7. The zero-order chi connectivity index (χ0) is 20.1. The summed E-state index contributed by atoms with van der Waals surface area (Å²) in [6.07, 6.45) is 0.390. The second-order valence-electron chi connectivity index (χ2n) is 7.42. The van der Waals surface area contributed by atoms with Crippen LogP contribution in [-0.4, -0.2) is 36.9 Å². The van der Waals surface area contributed by atoms with E-state index in [2.05, 4.69) is 46.2 Å². The van der Waals surface area contributed by atoms with Gasteiger partial charge in [0.2, 0.25) is 0 Å². The molecule has 1 aliphatic rings. The number of carbonyl (C=O) groups is 1. The molecule has 0 spiro atoms. The number of carbonyl (C=O) groups excluding carboxylic acids is 1. The van der Waals surface area contributed by atoms with Crippen molar-refractivity contribution in [3.63, 3.8) is 0 Å². The van der Waals surface area contributed by atoms with Crippen LogP contribution in [0.3, 0.4) is 0 Å². The molecule has 0 bridgehead atoms. The van der Waals surface area contributed by atoms with Crippen molar-refractivity contribution in [3.8, 4) is 0 Å². The fraction of sp³-hybridized carbons (Fsp3) is 0.240. The molecular formula is C25H25FN2O. The summed E-state index contributed by atoms with van der Waals surface area (Å²) in [6, 6.07) is 26.5. The van der Waals surface area contributed by atoms with Gasteiger partial charge in [-0.15, -0.1) is 0 Å². The third-order valence-corrected chi connectivity index (χ3v) is 5.61. The second-order valence-corrected chi connectivity index (χ2v) is 7.42. The second kappa shape index (κ2) is 9.01. The van der Waals surface area contributed by atoms with Crippen LogP contribution in [0.25, 0.3) is 0 Å². The number of piperazine rings is 1. The summed E-state index contributed by atoms with van der Waals surface area (Å²) in [5.41, 5.74) is 2.96. The first-order chi connectivity index (χ1) is 14.2. The molecule has 4 rings (SSSR count). The van der Waals surface area contributed by atoms with Crippen molar-refractivity contribution in [2.75, 3.05) is 31.1 Å². The molecule has 0 amide bonds. The van der Waals surface area contributed by atoms with Crippen LogP contribution in [0.2, 0.25) is 0 Å². The van der Waals surface area contributed by atoms with Gasteiger partial charge in [0.1, 0.15) is 5.82 Å². The van der Waals surface area contributed by atoms with Gasteiger partial charge in [0.15, 0.2) is 5.78 Å². The molecule has 0 aliphatic carbocycles. The maximum atomic E-state index is 13.2. The predicted molar refractivity (Wildman–Crippen MR) is 115 cm³/mol. The average molecular weight is 388 g/mol. The maximum absolute atomic E-state index is 13.2. The van der Waals surface area contributed by atoms with Crippen molar-refractivity contribution < 1.29 is 9.18 Å². The molecule has 1 fully saturated rings. The molecule has 1 saturated heterocycles. The van der Waals surface area contributed by atoms with Gasteiger partial charge < -0.3 is 4.90 Å². The van der Waals surface area contributed by atoms with Crippen LogP contribution in [0.1, 0.15) is 28.4 Å². The van der Waals surface area contributed by atoms with Crippen molar-refractivity contribution in [1.29, 1.82) is 0 Å². The number of hydrogen-bond acceptors (Lipinski definition) is 3. The molecule has 29 heavy (non-hydrogen) atoms. The number of ketones is 1. The highest BCUT2D eigenvalue weighted by Gasteiger charge is 2.27. The lowest BCUT2D eigenvalue weighted by molar-refractivity contribution is 0.0910. The molecule has 3 nitrogen and oxygen atoms in total. The summed E-state index contributed by atoms with van der Waals surface area (Å²) in [7, 11) is 0. The van der Waals surface area contributed by atoms with Crippen LogP contribution in [0.15, 0.2) is 84.9 Å². The van der Waals surface area contributed by atoms with Gasteiger partial charge in [-0.25, -0.2) is 4.39 Å². The van der Waals surface area contributed by atoms with Crippen molar-refractivity contribution in [3.05, 3.63) is 102 Å². The predicted octanol–water partition coefficient (Wildman–Crippen LogP) is 4.96. The number of nitrogens with zero attached hydrogens (tertiary/aromatic N) is 2. The van der Waals surface area contributed by atoms with Gasteiger partial charge in [0, 0.05) is 49.9 Å². The molecule has 0 N–H and O–H groups in total. The van der Waals surface area contributed by atoms with Crippen LogP contribution in [-0.2, 0) is 0 Å². The first kappa shape index (κ1) is 19.3. The highest BCUT2D eigenvalue weighted by Crippen LogP contribution is 2.28. The first-order valence-electron chi connectivity index (χ1n) is 10.1. The monoisotopic (exact) mass is 388 g/mol. The molecule has 0 saturated carbocycles. The van der Waals surface area contributed by atoms with E-state index in [1.54, 1.807) is 12.1 Å². The lowest BCUT2D eigenvalue weighted by Crippen LogP contribution is -2.48. The largest absolute Gasteiger partial charge is 0.369 e. The Balaban J connectivity index is 1.49. The van der Waals surface area contributed by atoms with E-state index in [1.807, 2.05) is 24.3 Å². The highest BCUT2D eigenvalue weighted by molar-refractivity contribution is 5.96. The quantitative estimate of drug-likeness (QED) is 0.558. The van der Waals surface area contributed by atoms with E-state index >= 15 is 0 Å². The zero-order valence-corrected chi connectivity index (χ0v) is 16.4. The smallest absolute Gasteiger partial charge is 0.164 e. The number of benzene rings is 3. The van der Waals surface area contributed by atoms with Crippen molar-refractivity contribution >= 4 is 11.5 Å². The van der Waals surface area contributed by atoms with E-state index in [-0.39, 0.29) is 17.6 Å². The molecule has 148 valence electrons. The van der Waals surface area contributed by atoms with Crippen LogP contribution < -0.4 is 4.90 Å². The molecule has 1 aliphatic heterocycles. The molecule has 4 heteroatoms. The summed E-state index contributed by atoms with van der Waals surface area (Å²) in [5.74, 6) is -0.275. The Hall–Kier alpha value is -2.98. The SMILES string of the molecule is O=C(CC(c1ccccc1)N1CCN(c2ccccc2)CC1)c1ccc(F)cc1. The Morgan fingerprint density at radius 1 is 0.793 bits per heavy atom. The van der Waals surface area contributed by atoms with Gasteiger partial charge in [0.25, 0.3) is 0 Å². The van der Waals surface area contributed by atoms with Gasteiger partial charge in [0.05, 0.1) is 0 Å². The number of Topliss-reactive ketones (excluding diaryl/α,β-unsaturated/α-hetero) is 1. The Bertz CT molecular complexity index is 920. The maximum Gasteiger partial charge on any atom is 0.164 e. The number of anilines is 1. The van der Waals surface area contributed by atoms with Crippen LogP contribution in [0.4, 0.5) is 10.1 Å². The minimum Gasteiger partial charge on any atom is -0.369 e. The Morgan fingerprint density at radius 3 is 2.00 bits per heavy atom. The summed E-state index contributed by atoms with van der Waals surface area (Å²) in [5, 5.41) is 0. The van der Waals surface area contributed by atoms with E-state index in [0.29, 0.717) is 12.0 Å². The summed E-state index contributed by atoms with van der Waals surface area (Å²) < 4.78 is 13.2. The molecule has 1 heterocycles. The lowest BCUT2D eigenvalue weighted by atomic mass is 9.96. The van der Waals surface area contributed by atoms with E-state index in [4.69, 9.17) is 0 Å². The lowest BCUT2D eigenvalue weighted by Gasteiger charge is -2.40. The van der Waals surface area contributed by atoms with Crippen LogP contribution in [0, 0.1) is 5.82 Å². The average Bonchev–Trinajstić information content (AvgIpc) is 2.79. The van der Waals surface area contributed by atoms with Crippen molar-refractivity contribution in [1.82, 2.24) is 4.90 Å². The standard InChI is InChI=1S/C25H25FN2O/c26-22-13-11-21(12-14-22)25(29)19-24(20-7-3-1-4-8-20)28-17-15-27(16-18-28)23-9-5-2-6-10-23/h1-14,24H,15-19H2. The summed E-state index contributed by atoms with van der Waals surface area (Å²) >= 11 is 0. The van der Waals surface area contributed by atoms with E-state index in [9.17, 15) is 9.18 Å². The van der Waals surface area contributed by atoms with Crippen LogP contribution in [0.5, 0.6) is 0 Å². The van der Waals surface area contributed by atoms with Crippen molar-refractivity contribution in [2.24, 2.45) is 0 Å². The molecular weight excluding hydrogens is 363 g/mol. The van der Waals surface area contributed by atoms with Gasteiger partial charge in [-0.1, -0.05) is 48.5 Å². The number of hydrogen-bond donors (Lipinski definition) is 0. The van der Waals surface area contributed by atoms with E-state index in [0.717, 1.165) is 31.7 Å². The molecule has 1 atom stereocenters. The van der Waals surface area contributed by atoms with Gasteiger partial charge >= 0.3 is 0 Å². The van der Waals surface area contributed by atoms with Gasteiger partial charge in [-0.2, -0.15) is 0 Å². The molecule has 0 radical (unpaired) electrons. The minimum atomic E-state index is -0.321. The third kappa shape index (κ3) is 4.72. The fourth-order valence-corrected chi connectivity index (χ4v) is 3.99. The first-order valence-corrected chi connectivity index (χ1v) is 10.1. The molecule has 3 aromatic carbocycles. The number of rotatable bonds is 6. The molecule has 0 aromatic heterocycles. The highest BCUT2D eigenvalue weighted by atomic mass is 19.1. The van der Waals surface area contributed by atoms with Gasteiger partial charge in [-0.05, 0) is 42.0 Å². The Labute approximate surface area is 171 Å². The number of halogens is 1.